The second kappa shape index (κ2) is 6.64. The third-order valence-electron chi connectivity index (χ3n) is 4.03. The normalized spacial score (nSPS) is 12.0. The molecule has 122 valence electrons. The van der Waals surface area contributed by atoms with E-state index in [0.29, 0.717) is 6.54 Å². The number of carboxylic acids is 1. The van der Waals surface area contributed by atoms with Crippen molar-refractivity contribution in [3.63, 3.8) is 0 Å². The van der Waals surface area contributed by atoms with E-state index in [1.54, 1.807) is 22.9 Å². The number of nitrogens with one attached hydrogen (secondary N) is 1. The number of nitrogens with zero attached hydrogens (tertiary/aromatic N) is 2. The minimum Gasteiger partial charge on any atom is -0.478 e. The van der Waals surface area contributed by atoms with Gasteiger partial charge in [0.1, 0.15) is 0 Å². The molecule has 6 heteroatoms. The molecule has 0 bridgehead atoms. The van der Waals surface area contributed by atoms with Crippen molar-refractivity contribution < 1.29 is 14.7 Å². The summed E-state index contributed by atoms with van der Waals surface area (Å²) in [4.78, 5) is 23.4. The lowest BCUT2D eigenvalue weighted by Gasteiger charge is -2.13. The summed E-state index contributed by atoms with van der Waals surface area (Å²) < 4.78 is 1.77. The van der Waals surface area contributed by atoms with Crippen LogP contribution < -0.4 is 5.32 Å². The number of carboxylic acid groups (broad SMARTS) is 1. The molecule has 1 unspecified atom stereocenters. The number of hydrogen-bond acceptors (Lipinski definition) is 3. The van der Waals surface area contributed by atoms with Crippen molar-refractivity contribution in [2.75, 3.05) is 0 Å². The van der Waals surface area contributed by atoms with Crippen LogP contribution in [0, 0.1) is 13.8 Å². The Morgan fingerprint density at radius 2 is 2.04 bits per heavy atom. The molecule has 2 aromatic rings. The Labute approximate surface area is 135 Å². The molecule has 6 nitrogen and oxygen atoms in total. The molecule has 2 N–H and O–H groups in total. The molecule has 0 aliphatic heterocycles. The van der Waals surface area contributed by atoms with Crippen LogP contribution in [0.25, 0.3) is 0 Å². The number of carbonyl (C=O) groups excluding carboxylic acids is 1. The van der Waals surface area contributed by atoms with E-state index in [2.05, 4.69) is 10.4 Å². The Balaban J connectivity index is 2.07. The summed E-state index contributed by atoms with van der Waals surface area (Å²) in [7, 11) is 1.86. The number of amides is 1. The number of carbonyl (C=O) groups is 2. The van der Waals surface area contributed by atoms with Crippen molar-refractivity contribution in [1.82, 2.24) is 15.1 Å². The zero-order valence-electron chi connectivity index (χ0n) is 13.8. The van der Waals surface area contributed by atoms with Gasteiger partial charge in [0.05, 0.1) is 17.2 Å². The minimum atomic E-state index is -0.979. The van der Waals surface area contributed by atoms with Crippen LogP contribution in [0.2, 0.25) is 0 Å². The van der Waals surface area contributed by atoms with Crippen molar-refractivity contribution in [2.45, 2.75) is 33.2 Å². The summed E-state index contributed by atoms with van der Waals surface area (Å²) in [5, 5.41) is 16.2. The lowest BCUT2D eigenvalue weighted by atomic mass is 9.98. The van der Waals surface area contributed by atoms with Gasteiger partial charge in [-0.2, -0.15) is 5.10 Å². The molecule has 1 aromatic heterocycles. The van der Waals surface area contributed by atoms with E-state index >= 15 is 0 Å². The highest BCUT2D eigenvalue weighted by Crippen LogP contribution is 2.23. The average molecular weight is 315 g/mol. The zero-order valence-corrected chi connectivity index (χ0v) is 13.8. The minimum absolute atomic E-state index is 0.107. The highest BCUT2D eigenvalue weighted by Gasteiger charge is 2.22. The van der Waals surface area contributed by atoms with Gasteiger partial charge in [-0.3, -0.25) is 9.48 Å². The fourth-order valence-electron chi connectivity index (χ4n) is 2.70. The maximum atomic E-state index is 12.4. The molecule has 1 aromatic carbocycles. The quantitative estimate of drug-likeness (QED) is 0.885. The van der Waals surface area contributed by atoms with E-state index in [1.807, 2.05) is 27.8 Å². The molecular weight excluding hydrogens is 294 g/mol. The molecule has 2 rings (SSSR count). The number of aryl methyl sites for hydroxylation is 2. The molecule has 0 radical (unpaired) electrons. The largest absolute Gasteiger partial charge is 0.478 e. The van der Waals surface area contributed by atoms with Gasteiger partial charge in [-0.15, -0.1) is 0 Å². The first-order chi connectivity index (χ1) is 10.8. The summed E-state index contributed by atoms with van der Waals surface area (Å²) in [6.45, 7) is 5.97. The standard InChI is InChI=1S/C17H21N3O3/c1-10(15-11(2)19-20(4)12(15)3)16(21)18-9-13-6-5-7-14(8-13)17(22)23/h5-8,10H,9H2,1-4H3,(H,18,21)(H,22,23). The number of aromatic carboxylic acids is 1. The number of aromatic nitrogens is 2. The second-order valence-electron chi connectivity index (χ2n) is 5.65. The van der Waals surface area contributed by atoms with Crippen LogP contribution in [0.3, 0.4) is 0 Å². The topological polar surface area (TPSA) is 84.2 Å². The highest BCUT2D eigenvalue weighted by molar-refractivity contribution is 5.88. The van der Waals surface area contributed by atoms with E-state index in [0.717, 1.165) is 22.5 Å². The lowest BCUT2D eigenvalue weighted by molar-refractivity contribution is -0.122. The summed E-state index contributed by atoms with van der Waals surface area (Å²) in [6.07, 6.45) is 0. The molecule has 1 amide bonds. The van der Waals surface area contributed by atoms with Crippen LogP contribution in [-0.4, -0.2) is 26.8 Å². The molecular formula is C17H21N3O3. The third-order valence-corrected chi connectivity index (χ3v) is 4.03. The summed E-state index contributed by atoms with van der Waals surface area (Å²) in [6, 6.07) is 6.55. The average Bonchev–Trinajstić information content (AvgIpc) is 2.77. The first-order valence-electron chi connectivity index (χ1n) is 7.41. The molecule has 0 saturated heterocycles. The molecule has 0 spiro atoms. The predicted molar refractivity (Wildman–Crippen MR) is 86.3 cm³/mol. The fourth-order valence-corrected chi connectivity index (χ4v) is 2.70. The van der Waals surface area contributed by atoms with E-state index in [-0.39, 0.29) is 17.4 Å². The van der Waals surface area contributed by atoms with Gasteiger partial charge in [0.2, 0.25) is 5.91 Å². The van der Waals surface area contributed by atoms with Crippen molar-refractivity contribution in [3.05, 3.63) is 52.3 Å². The maximum Gasteiger partial charge on any atom is 0.335 e. The van der Waals surface area contributed by atoms with E-state index in [4.69, 9.17) is 5.11 Å². The summed E-state index contributed by atoms with van der Waals surface area (Å²) >= 11 is 0. The Bertz CT molecular complexity index is 750. The molecule has 23 heavy (non-hydrogen) atoms. The third kappa shape index (κ3) is 3.59. The Hall–Kier alpha value is -2.63. The van der Waals surface area contributed by atoms with Gasteiger partial charge in [-0.1, -0.05) is 12.1 Å². The smallest absolute Gasteiger partial charge is 0.335 e. The number of benzene rings is 1. The molecule has 0 aliphatic carbocycles. The zero-order chi connectivity index (χ0) is 17.1. The van der Waals surface area contributed by atoms with Gasteiger partial charge in [0, 0.05) is 24.8 Å². The molecule has 0 fully saturated rings. The molecule has 0 saturated carbocycles. The van der Waals surface area contributed by atoms with Crippen LogP contribution in [0.15, 0.2) is 24.3 Å². The highest BCUT2D eigenvalue weighted by atomic mass is 16.4. The van der Waals surface area contributed by atoms with Gasteiger partial charge in [0.15, 0.2) is 0 Å². The second-order valence-corrected chi connectivity index (χ2v) is 5.65. The van der Waals surface area contributed by atoms with Crippen LogP contribution in [0.5, 0.6) is 0 Å². The van der Waals surface area contributed by atoms with Crippen molar-refractivity contribution in [2.24, 2.45) is 7.05 Å². The van der Waals surface area contributed by atoms with Gasteiger partial charge < -0.3 is 10.4 Å². The van der Waals surface area contributed by atoms with Gasteiger partial charge in [-0.05, 0) is 38.5 Å². The molecule has 1 heterocycles. The lowest BCUT2D eigenvalue weighted by Crippen LogP contribution is -2.28. The van der Waals surface area contributed by atoms with Crippen molar-refractivity contribution >= 4 is 11.9 Å². The van der Waals surface area contributed by atoms with Crippen LogP contribution >= 0.6 is 0 Å². The van der Waals surface area contributed by atoms with E-state index < -0.39 is 5.97 Å². The Morgan fingerprint density at radius 3 is 2.61 bits per heavy atom. The van der Waals surface area contributed by atoms with E-state index in [1.165, 1.54) is 6.07 Å². The monoisotopic (exact) mass is 315 g/mol. The fraction of sp³-hybridized carbons (Fsp3) is 0.353. The van der Waals surface area contributed by atoms with E-state index in [9.17, 15) is 9.59 Å². The van der Waals surface area contributed by atoms with Crippen LogP contribution in [0.4, 0.5) is 0 Å². The summed E-state index contributed by atoms with van der Waals surface area (Å²) in [5.41, 5.74) is 3.72. The Kier molecular flexibility index (Phi) is 4.83. The molecule has 1 atom stereocenters. The van der Waals surface area contributed by atoms with Crippen molar-refractivity contribution in [3.8, 4) is 0 Å². The predicted octanol–water partition coefficient (Wildman–Crippen LogP) is 2.16. The van der Waals surface area contributed by atoms with Crippen molar-refractivity contribution in [1.29, 1.82) is 0 Å². The SMILES string of the molecule is Cc1nn(C)c(C)c1C(C)C(=O)NCc1cccc(C(=O)O)c1. The van der Waals surface area contributed by atoms with Crippen LogP contribution in [0.1, 0.15) is 45.7 Å². The Morgan fingerprint density at radius 1 is 1.35 bits per heavy atom. The molecule has 0 aliphatic rings. The first kappa shape index (κ1) is 16.7. The number of hydrogen-bond donors (Lipinski definition) is 2. The number of rotatable bonds is 5. The summed E-state index contributed by atoms with van der Waals surface area (Å²) in [5.74, 6) is -1.40. The van der Waals surface area contributed by atoms with Gasteiger partial charge in [-0.25, -0.2) is 4.79 Å². The van der Waals surface area contributed by atoms with Gasteiger partial charge in [0.25, 0.3) is 0 Å². The van der Waals surface area contributed by atoms with Gasteiger partial charge >= 0.3 is 5.97 Å². The van der Waals surface area contributed by atoms with Crippen LogP contribution in [-0.2, 0) is 18.4 Å². The maximum absolute atomic E-state index is 12.4. The first-order valence-corrected chi connectivity index (χ1v) is 7.41.